The number of non-ortho nitro benzene ring substituents is 1. The molecule has 0 atom stereocenters. The second-order valence-corrected chi connectivity index (χ2v) is 5.88. The highest BCUT2D eigenvalue weighted by Crippen LogP contribution is 2.12. The third-order valence-electron chi connectivity index (χ3n) is 3.89. The first kappa shape index (κ1) is 20.1. The molecule has 24 heavy (non-hydrogen) atoms. The molecule has 1 N–H and O–H groups in total. The zero-order valence-electron chi connectivity index (χ0n) is 14.6. The molecule has 6 nitrogen and oxygen atoms in total. The van der Waals surface area contributed by atoms with Gasteiger partial charge in [-0.3, -0.25) is 10.1 Å². The number of hydrogen-bond donors (Lipinski definition) is 1. The van der Waals surface area contributed by atoms with Crippen LogP contribution in [0.4, 0.5) is 5.69 Å². The smallest absolute Gasteiger partial charge is 0.338 e. The number of hydrogen-bond acceptors (Lipinski definition) is 5. The average Bonchev–Trinajstić information content (AvgIpc) is 2.60. The van der Waals surface area contributed by atoms with Gasteiger partial charge < -0.3 is 10.1 Å². The van der Waals surface area contributed by atoms with Crippen molar-refractivity contribution < 1.29 is 14.5 Å². The number of unbranched alkanes of at least 4 members (excludes halogenated alkanes) is 2. The van der Waals surface area contributed by atoms with Crippen LogP contribution >= 0.6 is 0 Å². The van der Waals surface area contributed by atoms with Crippen molar-refractivity contribution in [3.8, 4) is 0 Å². The van der Waals surface area contributed by atoms with E-state index in [0.717, 1.165) is 12.8 Å². The summed E-state index contributed by atoms with van der Waals surface area (Å²) < 4.78 is 5.22. The average molecular weight is 336 g/mol. The number of rotatable bonds is 12. The second-order valence-electron chi connectivity index (χ2n) is 5.88. The fourth-order valence-electron chi connectivity index (χ4n) is 2.46. The number of carbonyl (C=O) groups is 1. The van der Waals surface area contributed by atoms with E-state index in [1.54, 1.807) is 0 Å². The van der Waals surface area contributed by atoms with Gasteiger partial charge in [-0.2, -0.15) is 0 Å². The van der Waals surface area contributed by atoms with E-state index in [-0.39, 0.29) is 5.69 Å². The van der Waals surface area contributed by atoms with Crippen LogP contribution in [0.25, 0.3) is 0 Å². The van der Waals surface area contributed by atoms with Crippen LogP contribution in [0.15, 0.2) is 24.3 Å². The van der Waals surface area contributed by atoms with Gasteiger partial charge in [-0.1, -0.05) is 39.5 Å². The fourth-order valence-corrected chi connectivity index (χ4v) is 2.46. The zero-order valence-corrected chi connectivity index (χ0v) is 14.6. The van der Waals surface area contributed by atoms with Gasteiger partial charge in [0.25, 0.3) is 5.69 Å². The molecule has 0 aliphatic rings. The molecule has 0 spiro atoms. The van der Waals surface area contributed by atoms with Crippen molar-refractivity contribution in [1.82, 2.24) is 5.32 Å². The SMILES string of the molecule is CCCCC(CCCC)NCCOC(=O)c1ccc([N+](=O)[O-])cc1. The number of nitro groups is 1. The van der Waals surface area contributed by atoms with E-state index in [9.17, 15) is 14.9 Å². The minimum atomic E-state index is -0.494. The Kier molecular flexibility index (Phi) is 9.68. The first-order valence-electron chi connectivity index (χ1n) is 8.73. The molecular formula is C18H28N2O4. The highest BCUT2D eigenvalue weighted by Gasteiger charge is 2.11. The maximum Gasteiger partial charge on any atom is 0.338 e. The summed E-state index contributed by atoms with van der Waals surface area (Å²) in [5.74, 6) is -0.453. The van der Waals surface area contributed by atoms with Gasteiger partial charge in [0.2, 0.25) is 0 Å². The van der Waals surface area contributed by atoms with Gasteiger partial charge in [-0.25, -0.2) is 4.79 Å². The summed E-state index contributed by atoms with van der Waals surface area (Å²) in [6.45, 7) is 5.28. The molecular weight excluding hydrogens is 308 g/mol. The van der Waals surface area contributed by atoms with Crippen LogP contribution in [-0.2, 0) is 4.74 Å². The lowest BCUT2D eigenvalue weighted by atomic mass is 10.0. The van der Waals surface area contributed by atoms with Crippen LogP contribution in [0.3, 0.4) is 0 Å². The third kappa shape index (κ3) is 7.55. The number of nitrogens with one attached hydrogen (secondary N) is 1. The van der Waals surface area contributed by atoms with Gasteiger partial charge in [-0.05, 0) is 25.0 Å². The van der Waals surface area contributed by atoms with Gasteiger partial charge in [0.05, 0.1) is 10.5 Å². The van der Waals surface area contributed by atoms with Crippen molar-refractivity contribution in [2.45, 2.75) is 58.4 Å². The summed E-state index contributed by atoms with van der Waals surface area (Å²) in [5, 5.41) is 14.0. The normalized spacial score (nSPS) is 10.8. The lowest BCUT2D eigenvalue weighted by Crippen LogP contribution is -2.32. The van der Waals surface area contributed by atoms with Crippen molar-refractivity contribution in [3.05, 3.63) is 39.9 Å². The molecule has 0 heterocycles. The molecule has 0 aliphatic carbocycles. The number of nitrogens with zero attached hydrogens (tertiary/aromatic N) is 1. The molecule has 0 aliphatic heterocycles. The quantitative estimate of drug-likeness (QED) is 0.269. The molecule has 0 bridgehead atoms. The van der Waals surface area contributed by atoms with E-state index >= 15 is 0 Å². The van der Waals surface area contributed by atoms with Crippen LogP contribution in [0.5, 0.6) is 0 Å². The van der Waals surface area contributed by atoms with E-state index in [0.29, 0.717) is 24.8 Å². The summed E-state index contributed by atoms with van der Waals surface area (Å²) >= 11 is 0. The summed E-state index contributed by atoms with van der Waals surface area (Å²) in [4.78, 5) is 22.0. The molecule has 0 saturated carbocycles. The predicted molar refractivity (Wildman–Crippen MR) is 94.2 cm³/mol. The number of esters is 1. The lowest BCUT2D eigenvalue weighted by molar-refractivity contribution is -0.384. The molecule has 134 valence electrons. The Bertz CT molecular complexity index is 494. The summed E-state index contributed by atoms with van der Waals surface area (Å²) in [5.41, 5.74) is 0.289. The number of carbonyl (C=O) groups excluding carboxylic acids is 1. The third-order valence-corrected chi connectivity index (χ3v) is 3.89. The Balaban J connectivity index is 2.33. The first-order valence-corrected chi connectivity index (χ1v) is 8.73. The molecule has 0 radical (unpaired) electrons. The monoisotopic (exact) mass is 336 g/mol. The lowest BCUT2D eigenvalue weighted by Gasteiger charge is -2.18. The van der Waals surface area contributed by atoms with E-state index < -0.39 is 10.9 Å². The number of nitro benzene ring substituents is 1. The van der Waals surface area contributed by atoms with E-state index in [2.05, 4.69) is 19.2 Å². The predicted octanol–water partition coefficient (Wildman–Crippen LogP) is 4.09. The largest absolute Gasteiger partial charge is 0.461 e. The van der Waals surface area contributed by atoms with Crippen LogP contribution < -0.4 is 5.32 Å². The minimum absolute atomic E-state index is 0.0390. The standard InChI is InChI=1S/C18H28N2O4/c1-3-5-7-16(8-6-4-2)19-13-14-24-18(21)15-9-11-17(12-10-15)20(22)23/h9-12,16,19H,3-8,13-14H2,1-2H3. The van der Waals surface area contributed by atoms with Crippen molar-refractivity contribution in [3.63, 3.8) is 0 Å². The highest BCUT2D eigenvalue weighted by atomic mass is 16.6. The molecule has 1 aromatic rings. The van der Waals surface area contributed by atoms with Crippen molar-refractivity contribution in [2.24, 2.45) is 0 Å². The van der Waals surface area contributed by atoms with Crippen LogP contribution in [-0.4, -0.2) is 30.1 Å². The maximum atomic E-state index is 11.9. The van der Waals surface area contributed by atoms with Gasteiger partial charge in [0, 0.05) is 24.7 Å². The molecule has 0 saturated heterocycles. The van der Waals surface area contributed by atoms with E-state index in [1.165, 1.54) is 49.9 Å². The molecule has 0 unspecified atom stereocenters. The molecule has 1 aromatic carbocycles. The van der Waals surface area contributed by atoms with Gasteiger partial charge >= 0.3 is 5.97 Å². The number of benzene rings is 1. The van der Waals surface area contributed by atoms with Gasteiger partial charge in [0.1, 0.15) is 6.61 Å². The van der Waals surface area contributed by atoms with Crippen LogP contribution in [0, 0.1) is 10.1 Å². The Morgan fingerprint density at radius 1 is 1.17 bits per heavy atom. The molecule has 0 fully saturated rings. The second kappa shape index (κ2) is 11.6. The summed E-state index contributed by atoms with van der Waals surface area (Å²) in [6.07, 6.45) is 7.05. The Morgan fingerprint density at radius 3 is 2.25 bits per heavy atom. The van der Waals surface area contributed by atoms with Crippen molar-refractivity contribution in [1.29, 1.82) is 0 Å². The minimum Gasteiger partial charge on any atom is -0.461 e. The molecule has 1 rings (SSSR count). The van der Waals surface area contributed by atoms with Gasteiger partial charge in [-0.15, -0.1) is 0 Å². The maximum absolute atomic E-state index is 11.9. The van der Waals surface area contributed by atoms with Crippen LogP contribution in [0.1, 0.15) is 62.7 Å². The fraction of sp³-hybridized carbons (Fsp3) is 0.611. The molecule has 0 amide bonds. The Morgan fingerprint density at radius 2 is 1.75 bits per heavy atom. The Labute approximate surface area is 143 Å². The first-order chi connectivity index (χ1) is 11.6. The molecule has 6 heteroatoms. The zero-order chi connectivity index (χ0) is 17.8. The molecule has 0 aromatic heterocycles. The van der Waals surface area contributed by atoms with E-state index in [1.807, 2.05) is 0 Å². The van der Waals surface area contributed by atoms with Crippen LogP contribution in [0.2, 0.25) is 0 Å². The summed E-state index contributed by atoms with van der Waals surface area (Å²) in [6, 6.07) is 5.92. The Hall–Kier alpha value is -1.95. The van der Waals surface area contributed by atoms with Crippen molar-refractivity contribution >= 4 is 11.7 Å². The number of ether oxygens (including phenoxy) is 1. The van der Waals surface area contributed by atoms with E-state index in [4.69, 9.17) is 4.74 Å². The summed E-state index contributed by atoms with van der Waals surface area (Å²) in [7, 11) is 0. The van der Waals surface area contributed by atoms with Crippen molar-refractivity contribution in [2.75, 3.05) is 13.2 Å². The topological polar surface area (TPSA) is 81.5 Å². The highest BCUT2D eigenvalue weighted by molar-refractivity contribution is 5.89. The van der Waals surface area contributed by atoms with Gasteiger partial charge in [0.15, 0.2) is 0 Å².